The molecule has 8 nitrogen and oxygen atoms in total. The van der Waals surface area contributed by atoms with Crippen LogP contribution in [0.3, 0.4) is 0 Å². The number of hydrogen-bond acceptors (Lipinski definition) is 6. The number of nitriles is 1. The molecule has 1 aromatic rings. The zero-order valence-corrected chi connectivity index (χ0v) is 15.0. The topological polar surface area (TPSA) is 117 Å². The Hall–Kier alpha value is -1.51. The summed E-state index contributed by atoms with van der Waals surface area (Å²) in [6.45, 7) is 0.267. The first-order valence-electron chi connectivity index (χ1n) is 7.16. The van der Waals surface area contributed by atoms with Crippen LogP contribution in [0.25, 0.3) is 0 Å². The zero-order valence-electron chi connectivity index (χ0n) is 13.3. The van der Waals surface area contributed by atoms with Crippen molar-refractivity contribution >= 4 is 20.0 Å². The van der Waals surface area contributed by atoms with Crippen LogP contribution in [0, 0.1) is 17.2 Å². The van der Waals surface area contributed by atoms with Gasteiger partial charge in [0.1, 0.15) is 0 Å². The summed E-state index contributed by atoms with van der Waals surface area (Å²) in [5, 5.41) is 8.88. The van der Waals surface area contributed by atoms with E-state index in [0.29, 0.717) is 0 Å². The van der Waals surface area contributed by atoms with Crippen molar-refractivity contribution < 1.29 is 21.6 Å². The number of hydrogen-bond donors (Lipinski definition) is 1. The third-order valence-corrected chi connectivity index (χ3v) is 7.21. The molecular formula is C14H19N3O5S2. The molecule has 0 bridgehead atoms. The molecule has 1 saturated heterocycles. The standard InChI is InChI=1S/C14H19N3O5S2/c1-17(2)23(18,19)10-12-8-22-9-14(12)16-24(20,21)13-5-3-4-11(6-13)7-15/h3-6,12,14,16H,8-10H2,1-2H3/t12-,14-/m0/s1. The lowest BCUT2D eigenvalue weighted by molar-refractivity contribution is 0.185. The van der Waals surface area contributed by atoms with Crippen molar-refractivity contribution in [2.75, 3.05) is 33.1 Å². The first-order chi connectivity index (χ1) is 11.2. The van der Waals surface area contributed by atoms with E-state index in [1.807, 2.05) is 6.07 Å². The van der Waals surface area contributed by atoms with Crippen LogP contribution in [-0.4, -0.2) is 60.2 Å². The summed E-state index contributed by atoms with van der Waals surface area (Å²) >= 11 is 0. The number of ether oxygens (including phenoxy) is 1. The summed E-state index contributed by atoms with van der Waals surface area (Å²) < 4.78 is 57.8. The molecule has 24 heavy (non-hydrogen) atoms. The Labute approximate surface area is 142 Å². The maximum Gasteiger partial charge on any atom is 0.240 e. The van der Waals surface area contributed by atoms with E-state index >= 15 is 0 Å². The van der Waals surface area contributed by atoms with E-state index in [2.05, 4.69) is 4.72 Å². The molecule has 1 aromatic carbocycles. The molecule has 0 radical (unpaired) electrons. The average Bonchev–Trinajstić information content (AvgIpc) is 2.92. The summed E-state index contributed by atoms with van der Waals surface area (Å²) in [5.74, 6) is -0.683. The molecule has 1 aliphatic heterocycles. The molecule has 0 spiro atoms. The molecule has 1 fully saturated rings. The predicted molar refractivity (Wildman–Crippen MR) is 87.0 cm³/mol. The van der Waals surface area contributed by atoms with Gasteiger partial charge in [-0.05, 0) is 18.2 Å². The fourth-order valence-electron chi connectivity index (χ4n) is 2.31. The van der Waals surface area contributed by atoms with Crippen LogP contribution in [0.5, 0.6) is 0 Å². The Morgan fingerprint density at radius 2 is 2.00 bits per heavy atom. The summed E-state index contributed by atoms with van der Waals surface area (Å²) in [6, 6.07) is 6.87. The van der Waals surface area contributed by atoms with Gasteiger partial charge in [0, 0.05) is 20.0 Å². The fraction of sp³-hybridized carbons (Fsp3) is 0.500. The van der Waals surface area contributed by atoms with Gasteiger partial charge in [-0.25, -0.2) is 25.9 Å². The van der Waals surface area contributed by atoms with E-state index in [1.165, 1.54) is 38.4 Å². The van der Waals surface area contributed by atoms with E-state index in [-0.39, 0.29) is 29.4 Å². The van der Waals surface area contributed by atoms with E-state index in [9.17, 15) is 16.8 Å². The van der Waals surface area contributed by atoms with Crippen molar-refractivity contribution in [3.63, 3.8) is 0 Å². The Bertz CT molecular complexity index is 843. The van der Waals surface area contributed by atoms with Crippen molar-refractivity contribution in [3.8, 4) is 6.07 Å². The first-order valence-corrected chi connectivity index (χ1v) is 10.3. The van der Waals surface area contributed by atoms with Crippen LogP contribution < -0.4 is 4.72 Å². The normalized spacial score (nSPS) is 21.8. The Kier molecular flexibility index (Phi) is 5.62. The molecule has 0 unspecified atom stereocenters. The highest BCUT2D eigenvalue weighted by Crippen LogP contribution is 2.20. The molecular weight excluding hydrogens is 354 g/mol. The quantitative estimate of drug-likeness (QED) is 0.734. The molecule has 132 valence electrons. The maximum atomic E-state index is 12.5. The minimum absolute atomic E-state index is 0.0392. The van der Waals surface area contributed by atoms with Gasteiger partial charge in [-0.1, -0.05) is 6.07 Å². The van der Waals surface area contributed by atoms with Gasteiger partial charge >= 0.3 is 0 Å². The highest BCUT2D eigenvalue weighted by molar-refractivity contribution is 7.89. The van der Waals surface area contributed by atoms with Crippen LogP contribution in [0.1, 0.15) is 5.56 Å². The van der Waals surface area contributed by atoms with Gasteiger partial charge in [0.2, 0.25) is 20.0 Å². The molecule has 1 N–H and O–H groups in total. The predicted octanol–water partition coefficient (Wildman–Crippen LogP) is -0.257. The Morgan fingerprint density at radius 1 is 1.29 bits per heavy atom. The van der Waals surface area contributed by atoms with Gasteiger partial charge in [0.05, 0.1) is 41.5 Å². The number of sulfonamides is 2. The number of nitrogens with zero attached hydrogens (tertiary/aromatic N) is 2. The SMILES string of the molecule is CN(C)S(=O)(=O)C[C@@H]1COC[C@@H]1NS(=O)(=O)c1cccc(C#N)c1. The maximum absolute atomic E-state index is 12.5. The van der Waals surface area contributed by atoms with E-state index in [0.717, 1.165) is 4.31 Å². The van der Waals surface area contributed by atoms with E-state index in [1.54, 1.807) is 0 Å². The lowest BCUT2D eigenvalue weighted by atomic mass is 10.1. The van der Waals surface area contributed by atoms with Crippen molar-refractivity contribution in [3.05, 3.63) is 29.8 Å². The van der Waals surface area contributed by atoms with Gasteiger partial charge in [-0.15, -0.1) is 0 Å². The van der Waals surface area contributed by atoms with Crippen molar-refractivity contribution in [1.29, 1.82) is 5.26 Å². The van der Waals surface area contributed by atoms with Crippen LogP contribution in [0.2, 0.25) is 0 Å². The molecule has 2 atom stereocenters. The van der Waals surface area contributed by atoms with E-state index < -0.39 is 32.0 Å². The van der Waals surface area contributed by atoms with Gasteiger partial charge in [0.25, 0.3) is 0 Å². The van der Waals surface area contributed by atoms with Gasteiger partial charge in [-0.2, -0.15) is 5.26 Å². The van der Waals surface area contributed by atoms with Crippen LogP contribution in [0.4, 0.5) is 0 Å². The van der Waals surface area contributed by atoms with Gasteiger partial charge in [0.15, 0.2) is 0 Å². The van der Waals surface area contributed by atoms with Gasteiger partial charge < -0.3 is 4.74 Å². The second-order valence-corrected chi connectivity index (χ2v) is 9.67. The van der Waals surface area contributed by atoms with Crippen molar-refractivity contribution in [1.82, 2.24) is 9.03 Å². The number of benzene rings is 1. The molecule has 0 amide bonds. The summed E-state index contributed by atoms with van der Waals surface area (Å²) in [6.07, 6.45) is 0. The molecule has 1 aliphatic rings. The lowest BCUT2D eigenvalue weighted by Crippen LogP contribution is -2.43. The lowest BCUT2D eigenvalue weighted by Gasteiger charge is -2.21. The minimum Gasteiger partial charge on any atom is -0.379 e. The van der Waals surface area contributed by atoms with E-state index in [4.69, 9.17) is 10.00 Å². The van der Waals surface area contributed by atoms with Crippen LogP contribution in [-0.2, 0) is 24.8 Å². The van der Waals surface area contributed by atoms with Crippen LogP contribution in [0.15, 0.2) is 29.2 Å². The van der Waals surface area contributed by atoms with Crippen molar-refractivity contribution in [2.24, 2.45) is 5.92 Å². The molecule has 0 aromatic heterocycles. The third-order valence-electron chi connectivity index (χ3n) is 3.76. The van der Waals surface area contributed by atoms with Crippen molar-refractivity contribution in [2.45, 2.75) is 10.9 Å². The molecule has 10 heteroatoms. The smallest absolute Gasteiger partial charge is 0.240 e. The second-order valence-electron chi connectivity index (χ2n) is 5.73. The second kappa shape index (κ2) is 7.16. The zero-order chi connectivity index (χ0) is 18.0. The molecule has 1 heterocycles. The average molecular weight is 373 g/mol. The number of rotatable bonds is 6. The summed E-state index contributed by atoms with van der Waals surface area (Å²) in [5.41, 5.74) is 0.229. The Morgan fingerprint density at radius 3 is 2.62 bits per heavy atom. The van der Waals surface area contributed by atoms with Crippen LogP contribution >= 0.6 is 0 Å². The highest BCUT2D eigenvalue weighted by Gasteiger charge is 2.35. The largest absolute Gasteiger partial charge is 0.379 e. The summed E-state index contributed by atoms with van der Waals surface area (Å²) in [7, 11) is -4.49. The summed E-state index contributed by atoms with van der Waals surface area (Å²) in [4.78, 5) is -0.0392. The monoisotopic (exact) mass is 373 g/mol. The molecule has 2 rings (SSSR count). The minimum atomic E-state index is -3.87. The first kappa shape index (κ1) is 18.8. The Balaban J connectivity index is 2.18. The third kappa shape index (κ3) is 4.31. The van der Waals surface area contributed by atoms with Gasteiger partial charge in [-0.3, -0.25) is 0 Å². The molecule has 0 saturated carbocycles. The molecule has 0 aliphatic carbocycles. The highest BCUT2D eigenvalue weighted by atomic mass is 32.2. The fourth-order valence-corrected chi connectivity index (χ4v) is 4.82. The number of nitrogens with one attached hydrogen (secondary N) is 1.